The summed E-state index contributed by atoms with van der Waals surface area (Å²) in [4.78, 5) is 4.34. The van der Waals surface area contributed by atoms with E-state index in [-0.39, 0.29) is 0 Å². The topological polar surface area (TPSA) is 12.4 Å². The molecule has 0 saturated carbocycles. The molecule has 0 saturated heterocycles. The van der Waals surface area contributed by atoms with E-state index in [4.69, 9.17) is 0 Å². The van der Waals surface area contributed by atoms with Crippen LogP contribution in [0.15, 0.2) is 28.8 Å². The van der Waals surface area contributed by atoms with Crippen LogP contribution < -0.4 is 0 Å². The highest BCUT2D eigenvalue weighted by Gasteiger charge is 1.90. The molecule has 1 heteroatoms. The third-order valence-corrected chi connectivity index (χ3v) is 1.68. The largest absolute Gasteiger partial charge is 0.285 e. The van der Waals surface area contributed by atoms with Crippen molar-refractivity contribution in [2.75, 3.05) is 6.54 Å². The summed E-state index contributed by atoms with van der Waals surface area (Å²) >= 11 is 0. The van der Waals surface area contributed by atoms with Crippen LogP contribution in [0.25, 0.3) is 0 Å². The van der Waals surface area contributed by atoms with E-state index in [1.54, 1.807) is 0 Å². The highest BCUT2D eigenvalue weighted by atomic mass is 14.7. The molecule has 0 spiro atoms. The molecule has 0 atom stereocenters. The molecule has 1 nitrogen and oxygen atoms in total. The SMILES string of the molecule is C=C(C)/C(C)=N\C/C(C)=C/C. The number of rotatable bonds is 3. The zero-order valence-corrected chi connectivity index (χ0v) is 7.94. The van der Waals surface area contributed by atoms with E-state index in [1.165, 1.54) is 5.57 Å². The minimum absolute atomic E-state index is 0.801. The van der Waals surface area contributed by atoms with Crippen molar-refractivity contribution in [1.29, 1.82) is 0 Å². The summed E-state index contributed by atoms with van der Waals surface area (Å²) in [6.07, 6.45) is 2.08. The number of nitrogens with zero attached hydrogens (tertiary/aromatic N) is 1. The highest BCUT2D eigenvalue weighted by Crippen LogP contribution is 1.96. The van der Waals surface area contributed by atoms with Crippen molar-refractivity contribution in [3.63, 3.8) is 0 Å². The van der Waals surface area contributed by atoms with Crippen LogP contribution in [0.3, 0.4) is 0 Å². The zero-order chi connectivity index (χ0) is 8.85. The van der Waals surface area contributed by atoms with Gasteiger partial charge in [-0.15, -0.1) is 0 Å². The molecule has 0 heterocycles. The summed E-state index contributed by atoms with van der Waals surface area (Å²) in [6, 6.07) is 0. The van der Waals surface area contributed by atoms with Gasteiger partial charge in [0, 0.05) is 5.71 Å². The highest BCUT2D eigenvalue weighted by molar-refractivity contribution is 5.97. The standard InChI is InChI=1S/C10H17N/c1-6-9(4)7-11-10(5)8(2)3/h6H,2,7H2,1,3-5H3/b9-6+,11-10-. The number of aliphatic imine (C=N–C) groups is 1. The summed E-state index contributed by atoms with van der Waals surface area (Å²) in [7, 11) is 0. The predicted molar refractivity (Wildman–Crippen MR) is 52.2 cm³/mol. The van der Waals surface area contributed by atoms with Crippen LogP contribution in [-0.4, -0.2) is 12.3 Å². The second-order valence-corrected chi connectivity index (χ2v) is 2.82. The minimum atomic E-state index is 0.801. The Kier molecular flexibility index (Phi) is 4.51. The summed E-state index contributed by atoms with van der Waals surface area (Å²) in [5.74, 6) is 0. The van der Waals surface area contributed by atoms with Gasteiger partial charge in [0.05, 0.1) is 6.54 Å². The lowest BCUT2D eigenvalue weighted by molar-refractivity contribution is 1.12. The lowest BCUT2D eigenvalue weighted by atomic mass is 10.2. The first-order valence-electron chi connectivity index (χ1n) is 3.86. The van der Waals surface area contributed by atoms with Gasteiger partial charge in [-0.3, -0.25) is 4.99 Å². The van der Waals surface area contributed by atoms with Crippen LogP contribution in [0, 0.1) is 0 Å². The molecule has 0 aromatic carbocycles. The van der Waals surface area contributed by atoms with Crippen molar-refractivity contribution in [1.82, 2.24) is 0 Å². The van der Waals surface area contributed by atoms with Crippen molar-refractivity contribution in [3.8, 4) is 0 Å². The molecule has 0 bridgehead atoms. The maximum Gasteiger partial charge on any atom is 0.0600 e. The van der Waals surface area contributed by atoms with E-state index in [0.717, 1.165) is 17.8 Å². The monoisotopic (exact) mass is 151 g/mol. The van der Waals surface area contributed by atoms with Crippen LogP contribution >= 0.6 is 0 Å². The van der Waals surface area contributed by atoms with Gasteiger partial charge >= 0.3 is 0 Å². The van der Waals surface area contributed by atoms with Crippen molar-refractivity contribution in [2.45, 2.75) is 27.7 Å². The molecule has 11 heavy (non-hydrogen) atoms. The van der Waals surface area contributed by atoms with Crippen molar-refractivity contribution < 1.29 is 0 Å². The average molecular weight is 151 g/mol. The van der Waals surface area contributed by atoms with Crippen LogP contribution in [0.5, 0.6) is 0 Å². The maximum absolute atomic E-state index is 4.34. The quantitative estimate of drug-likeness (QED) is 0.434. The first kappa shape index (κ1) is 10.2. The maximum atomic E-state index is 4.34. The van der Waals surface area contributed by atoms with E-state index in [9.17, 15) is 0 Å². The molecule has 0 N–H and O–H groups in total. The van der Waals surface area contributed by atoms with Gasteiger partial charge in [-0.25, -0.2) is 0 Å². The average Bonchev–Trinajstić information content (AvgIpc) is 1.99. The van der Waals surface area contributed by atoms with Gasteiger partial charge in [-0.2, -0.15) is 0 Å². The van der Waals surface area contributed by atoms with E-state index in [2.05, 4.69) is 24.6 Å². The summed E-state index contributed by atoms with van der Waals surface area (Å²) in [6.45, 7) is 12.7. The number of hydrogen-bond acceptors (Lipinski definition) is 1. The van der Waals surface area contributed by atoms with E-state index in [0.29, 0.717) is 0 Å². The van der Waals surface area contributed by atoms with Gasteiger partial charge in [0.15, 0.2) is 0 Å². The Morgan fingerprint density at radius 1 is 1.36 bits per heavy atom. The fourth-order valence-corrected chi connectivity index (χ4v) is 0.470. The molecule has 0 fully saturated rings. The van der Waals surface area contributed by atoms with Crippen molar-refractivity contribution >= 4 is 5.71 Å². The lowest BCUT2D eigenvalue weighted by Gasteiger charge is -1.98. The molecule has 0 aliphatic carbocycles. The molecular formula is C10H17N. The Labute approximate surface area is 69.5 Å². The van der Waals surface area contributed by atoms with Crippen molar-refractivity contribution in [2.24, 2.45) is 4.99 Å². The lowest BCUT2D eigenvalue weighted by Crippen LogP contribution is -1.94. The summed E-state index contributed by atoms with van der Waals surface area (Å²) in [5.41, 5.74) is 3.39. The third kappa shape index (κ3) is 4.54. The second-order valence-electron chi connectivity index (χ2n) is 2.82. The predicted octanol–water partition coefficient (Wildman–Crippen LogP) is 2.99. The van der Waals surface area contributed by atoms with E-state index < -0.39 is 0 Å². The molecule has 0 unspecified atom stereocenters. The van der Waals surface area contributed by atoms with Crippen LogP contribution in [-0.2, 0) is 0 Å². The number of hydrogen-bond donors (Lipinski definition) is 0. The van der Waals surface area contributed by atoms with E-state index in [1.807, 2.05) is 20.8 Å². The third-order valence-electron chi connectivity index (χ3n) is 1.68. The van der Waals surface area contributed by atoms with Gasteiger partial charge in [-0.05, 0) is 33.3 Å². The Morgan fingerprint density at radius 3 is 2.27 bits per heavy atom. The van der Waals surface area contributed by atoms with Crippen molar-refractivity contribution in [3.05, 3.63) is 23.8 Å². The smallest absolute Gasteiger partial charge is 0.0600 e. The van der Waals surface area contributed by atoms with Gasteiger partial charge in [0.25, 0.3) is 0 Å². The number of allylic oxidation sites excluding steroid dienone is 2. The fraction of sp³-hybridized carbons (Fsp3) is 0.500. The van der Waals surface area contributed by atoms with Gasteiger partial charge in [0.2, 0.25) is 0 Å². The first-order valence-corrected chi connectivity index (χ1v) is 3.86. The Morgan fingerprint density at radius 2 is 1.91 bits per heavy atom. The molecule has 0 aliphatic heterocycles. The zero-order valence-electron chi connectivity index (χ0n) is 7.94. The Balaban J connectivity index is 4.03. The van der Waals surface area contributed by atoms with Gasteiger partial charge in [-0.1, -0.05) is 18.2 Å². The molecule has 0 aromatic rings. The summed E-state index contributed by atoms with van der Waals surface area (Å²) in [5, 5.41) is 0. The Bertz CT molecular complexity index is 197. The first-order chi connectivity index (χ1) is 5.07. The Hall–Kier alpha value is -0.850. The molecule has 0 rings (SSSR count). The van der Waals surface area contributed by atoms with E-state index >= 15 is 0 Å². The molecule has 0 aromatic heterocycles. The molecule has 0 amide bonds. The van der Waals surface area contributed by atoms with Gasteiger partial charge in [0.1, 0.15) is 0 Å². The van der Waals surface area contributed by atoms with Crippen LogP contribution in [0.1, 0.15) is 27.7 Å². The molecule has 62 valence electrons. The van der Waals surface area contributed by atoms with Crippen LogP contribution in [0.4, 0.5) is 0 Å². The molecular weight excluding hydrogens is 134 g/mol. The summed E-state index contributed by atoms with van der Waals surface area (Å²) < 4.78 is 0. The normalized spacial score (nSPS) is 13.5. The fourth-order valence-electron chi connectivity index (χ4n) is 0.470. The van der Waals surface area contributed by atoms with Crippen LogP contribution in [0.2, 0.25) is 0 Å². The second kappa shape index (κ2) is 4.89. The minimum Gasteiger partial charge on any atom is -0.285 e. The molecule has 0 aliphatic rings. The van der Waals surface area contributed by atoms with Gasteiger partial charge < -0.3 is 0 Å². The molecule has 0 radical (unpaired) electrons.